The third kappa shape index (κ3) is 4.45. The molecule has 2 amide bonds. The summed E-state index contributed by atoms with van der Waals surface area (Å²) in [5.41, 5.74) is -0.910. The molecule has 0 aliphatic heterocycles. The van der Waals surface area contributed by atoms with Gasteiger partial charge in [0.2, 0.25) is 0 Å². The number of rotatable bonds is 5. The molecule has 3 heterocycles. The van der Waals surface area contributed by atoms with E-state index in [0.29, 0.717) is 27.2 Å². The van der Waals surface area contributed by atoms with Crippen LogP contribution in [-0.2, 0) is 6.18 Å². The Labute approximate surface area is 201 Å². The lowest BCUT2D eigenvalue weighted by Crippen LogP contribution is -2.24. The molecule has 35 heavy (non-hydrogen) atoms. The fourth-order valence-electron chi connectivity index (χ4n) is 3.45. The van der Waals surface area contributed by atoms with Crippen molar-refractivity contribution in [1.29, 1.82) is 0 Å². The molecule has 3 aromatic heterocycles. The molecule has 0 aliphatic carbocycles. The molecule has 1 aromatic carbocycles. The summed E-state index contributed by atoms with van der Waals surface area (Å²) in [5, 5.41) is 8.97. The van der Waals surface area contributed by atoms with Crippen LogP contribution in [0.3, 0.4) is 0 Å². The Bertz CT molecular complexity index is 1480. The number of aromatic nitrogens is 4. The molecule has 0 saturated carbocycles. The number of nitrogens with one attached hydrogen (secondary N) is 2. The minimum atomic E-state index is -4.84. The number of hydrogen-bond acceptors (Lipinski definition) is 5. The summed E-state index contributed by atoms with van der Waals surface area (Å²) < 4.78 is 41.1. The number of pyridine rings is 2. The minimum absolute atomic E-state index is 0.0204. The predicted octanol–water partition coefficient (Wildman–Crippen LogP) is 4.74. The first-order chi connectivity index (χ1) is 16.7. The lowest BCUT2D eigenvalue weighted by molar-refractivity contribution is -0.141. The number of fused-ring (bicyclic) bond motifs is 1. The minimum Gasteiger partial charge on any atom is -0.355 e. The Hall–Kier alpha value is -4.25. The Balaban J connectivity index is 1.90. The van der Waals surface area contributed by atoms with Crippen molar-refractivity contribution in [3.63, 3.8) is 0 Å². The summed E-state index contributed by atoms with van der Waals surface area (Å²) in [6.07, 6.45) is -0.609. The molecule has 0 aliphatic rings. The van der Waals surface area contributed by atoms with Crippen molar-refractivity contribution in [3.8, 4) is 5.82 Å². The number of carbonyl (C=O) groups excluding carboxylic acids is 2. The lowest BCUT2D eigenvalue weighted by Gasteiger charge is -2.16. The van der Waals surface area contributed by atoms with Crippen LogP contribution in [0.25, 0.3) is 22.8 Å². The second kappa shape index (κ2) is 9.18. The quantitative estimate of drug-likeness (QED) is 0.412. The van der Waals surface area contributed by atoms with Crippen LogP contribution in [-0.4, -0.2) is 38.6 Å². The second-order valence-corrected chi connectivity index (χ2v) is 7.56. The second-order valence-electron chi connectivity index (χ2n) is 7.16. The van der Waals surface area contributed by atoms with Gasteiger partial charge in [-0.15, -0.1) is 0 Å². The van der Waals surface area contributed by atoms with Crippen LogP contribution in [0.5, 0.6) is 0 Å². The van der Waals surface area contributed by atoms with Crippen LogP contribution < -0.4 is 10.6 Å². The van der Waals surface area contributed by atoms with Crippen LogP contribution in [0.1, 0.15) is 32.1 Å². The molecule has 0 spiro atoms. The van der Waals surface area contributed by atoms with Gasteiger partial charge in [0.1, 0.15) is 5.69 Å². The summed E-state index contributed by atoms with van der Waals surface area (Å²) in [6, 6.07) is 8.30. The van der Waals surface area contributed by atoms with E-state index in [1.807, 2.05) is 0 Å². The fraction of sp³-hybridized carbons (Fsp3) is 0.0870. The molecule has 0 atom stereocenters. The zero-order valence-electron chi connectivity index (χ0n) is 18.0. The Morgan fingerprint density at radius 2 is 1.83 bits per heavy atom. The summed E-state index contributed by atoms with van der Waals surface area (Å²) in [4.78, 5) is 34.3. The molecule has 8 nitrogen and oxygen atoms in total. The van der Waals surface area contributed by atoms with Gasteiger partial charge in [-0.3, -0.25) is 14.6 Å². The number of amides is 2. The lowest BCUT2D eigenvalue weighted by atomic mass is 10.00. The van der Waals surface area contributed by atoms with Gasteiger partial charge in [0.25, 0.3) is 11.8 Å². The van der Waals surface area contributed by atoms with E-state index in [0.717, 1.165) is 0 Å². The first-order valence-electron chi connectivity index (χ1n) is 10.0. The van der Waals surface area contributed by atoms with E-state index in [-0.39, 0.29) is 22.1 Å². The smallest absolute Gasteiger partial charge is 0.355 e. The van der Waals surface area contributed by atoms with E-state index < -0.39 is 29.4 Å². The van der Waals surface area contributed by atoms with E-state index >= 15 is 0 Å². The van der Waals surface area contributed by atoms with E-state index in [9.17, 15) is 22.8 Å². The molecule has 0 saturated heterocycles. The highest BCUT2D eigenvalue weighted by molar-refractivity contribution is 6.32. The third-order valence-electron chi connectivity index (χ3n) is 5.02. The van der Waals surface area contributed by atoms with E-state index in [1.165, 1.54) is 37.7 Å². The van der Waals surface area contributed by atoms with Crippen LogP contribution in [0.4, 0.5) is 18.9 Å². The van der Waals surface area contributed by atoms with Crippen LogP contribution >= 0.6 is 11.6 Å². The average molecular weight is 501 g/mol. The standard InChI is InChI=1S/C23H16ClF3N6O2/c1-3-12-10-15-13(6-4-8-29-15)18(22(35)28-2)19(12)31-21(34)16-11-17(23(25,26)27)32-33(16)20-14(24)7-5-9-30-20/h3-11H,1H2,2H3,(H,28,35)(H,31,34). The molecular formula is C23H16ClF3N6O2. The maximum absolute atomic E-state index is 13.5. The van der Waals surface area contributed by atoms with E-state index in [4.69, 9.17) is 11.6 Å². The molecule has 0 radical (unpaired) electrons. The van der Waals surface area contributed by atoms with Crippen molar-refractivity contribution in [3.05, 3.63) is 82.9 Å². The van der Waals surface area contributed by atoms with Crippen LogP contribution in [0.2, 0.25) is 5.02 Å². The topological polar surface area (TPSA) is 102 Å². The monoisotopic (exact) mass is 500 g/mol. The molecule has 12 heteroatoms. The number of nitrogens with zero attached hydrogens (tertiary/aromatic N) is 4. The van der Waals surface area contributed by atoms with Crippen molar-refractivity contribution in [2.24, 2.45) is 0 Å². The largest absolute Gasteiger partial charge is 0.435 e. The highest BCUT2D eigenvalue weighted by Crippen LogP contribution is 2.33. The van der Waals surface area contributed by atoms with Gasteiger partial charge < -0.3 is 10.6 Å². The first kappa shape index (κ1) is 23.9. The summed E-state index contributed by atoms with van der Waals surface area (Å²) in [6.45, 7) is 3.71. The van der Waals surface area contributed by atoms with Gasteiger partial charge >= 0.3 is 6.18 Å². The molecular weight excluding hydrogens is 485 g/mol. The molecule has 178 valence electrons. The third-order valence-corrected chi connectivity index (χ3v) is 5.32. The maximum Gasteiger partial charge on any atom is 0.435 e. The van der Waals surface area contributed by atoms with Crippen LogP contribution in [0, 0.1) is 0 Å². The summed E-state index contributed by atoms with van der Waals surface area (Å²) in [5.74, 6) is -1.70. The SMILES string of the molecule is C=Cc1cc2ncccc2c(C(=O)NC)c1NC(=O)c1cc(C(F)(F)F)nn1-c1ncccc1Cl. The van der Waals surface area contributed by atoms with Crippen molar-refractivity contribution in [2.45, 2.75) is 6.18 Å². The number of benzene rings is 1. The molecule has 4 aromatic rings. The van der Waals surface area contributed by atoms with Crippen molar-refractivity contribution in [1.82, 2.24) is 25.1 Å². The molecule has 2 N–H and O–H groups in total. The Morgan fingerprint density at radius 3 is 2.49 bits per heavy atom. The number of hydrogen-bond donors (Lipinski definition) is 2. The van der Waals surface area contributed by atoms with E-state index in [2.05, 4.69) is 32.3 Å². The number of carbonyl (C=O) groups is 2. The fourth-order valence-corrected chi connectivity index (χ4v) is 3.65. The number of alkyl halides is 3. The molecule has 0 bridgehead atoms. The van der Waals surface area contributed by atoms with Gasteiger partial charge in [0.05, 0.1) is 21.8 Å². The first-order valence-corrected chi connectivity index (χ1v) is 10.4. The van der Waals surface area contributed by atoms with Gasteiger partial charge in [-0.2, -0.15) is 18.3 Å². The highest BCUT2D eigenvalue weighted by atomic mass is 35.5. The Kier molecular flexibility index (Phi) is 6.27. The van der Waals surface area contributed by atoms with Crippen LogP contribution in [0.15, 0.2) is 55.4 Å². The molecule has 0 unspecified atom stereocenters. The number of halogens is 4. The van der Waals surface area contributed by atoms with Crippen molar-refractivity contribution >= 4 is 46.1 Å². The van der Waals surface area contributed by atoms with Crippen molar-refractivity contribution < 1.29 is 22.8 Å². The number of anilines is 1. The summed E-state index contributed by atoms with van der Waals surface area (Å²) in [7, 11) is 1.41. The average Bonchev–Trinajstić information content (AvgIpc) is 3.29. The zero-order valence-corrected chi connectivity index (χ0v) is 18.8. The van der Waals surface area contributed by atoms with Gasteiger partial charge in [-0.05, 0) is 24.3 Å². The van der Waals surface area contributed by atoms with Gasteiger partial charge in [-0.1, -0.05) is 30.3 Å². The highest BCUT2D eigenvalue weighted by Gasteiger charge is 2.37. The maximum atomic E-state index is 13.5. The summed E-state index contributed by atoms with van der Waals surface area (Å²) >= 11 is 6.11. The molecule has 4 rings (SSSR count). The van der Waals surface area contributed by atoms with E-state index in [1.54, 1.807) is 18.2 Å². The van der Waals surface area contributed by atoms with Crippen molar-refractivity contribution in [2.75, 3.05) is 12.4 Å². The normalized spacial score (nSPS) is 11.3. The molecule has 0 fully saturated rings. The predicted molar refractivity (Wildman–Crippen MR) is 125 cm³/mol. The van der Waals surface area contributed by atoms with Gasteiger partial charge in [0, 0.05) is 36.5 Å². The zero-order chi connectivity index (χ0) is 25.3. The van der Waals surface area contributed by atoms with Gasteiger partial charge in [0.15, 0.2) is 11.5 Å². The Morgan fingerprint density at radius 1 is 1.11 bits per heavy atom. The van der Waals surface area contributed by atoms with Gasteiger partial charge in [-0.25, -0.2) is 9.67 Å².